The predicted octanol–water partition coefficient (Wildman–Crippen LogP) is 1.33. The third-order valence-corrected chi connectivity index (χ3v) is 2.89. The first-order valence-electron chi connectivity index (χ1n) is 4.98. The van der Waals surface area contributed by atoms with E-state index < -0.39 is 0 Å². The largest absolute Gasteiger partial charge is 0.281 e. The van der Waals surface area contributed by atoms with E-state index in [0.29, 0.717) is 11.0 Å². The van der Waals surface area contributed by atoms with Crippen LogP contribution in [0, 0.1) is 0 Å². The normalized spacial score (nSPS) is 12.2. The Balaban J connectivity index is 2.81. The molecule has 2 heterocycles. The lowest BCUT2D eigenvalue weighted by Crippen LogP contribution is -2.20. The Hall–Kier alpha value is -1.65. The second kappa shape index (κ2) is 3.18. The molecule has 0 atom stereocenters. The summed E-state index contributed by atoms with van der Waals surface area (Å²) < 4.78 is 0. The fourth-order valence-electron chi connectivity index (χ4n) is 1.55. The molecule has 0 radical (unpaired) electrons. The summed E-state index contributed by atoms with van der Waals surface area (Å²) in [4.78, 5) is 19.8. The van der Waals surface area contributed by atoms with E-state index in [9.17, 15) is 4.79 Å². The van der Waals surface area contributed by atoms with Crippen molar-refractivity contribution in [3.05, 3.63) is 22.4 Å². The number of aromatic nitrogens is 4. The first-order chi connectivity index (χ1) is 7.06. The van der Waals surface area contributed by atoms with E-state index in [2.05, 4.69) is 40.9 Å². The number of H-pyrrole nitrogens is 2. The van der Waals surface area contributed by atoms with Crippen molar-refractivity contribution in [2.24, 2.45) is 0 Å². The summed E-state index contributed by atoms with van der Waals surface area (Å²) in [5.41, 5.74) is 1.11. The first-order valence-corrected chi connectivity index (χ1v) is 4.98. The van der Waals surface area contributed by atoms with Gasteiger partial charge in [0.2, 0.25) is 0 Å². The molecule has 0 spiro atoms. The Bertz CT molecular complexity index is 538. The summed E-state index contributed by atoms with van der Waals surface area (Å²) >= 11 is 0. The number of nitrogens with one attached hydrogen (secondary N) is 2. The van der Waals surface area contributed by atoms with Gasteiger partial charge in [0.1, 0.15) is 11.7 Å². The highest BCUT2D eigenvalue weighted by molar-refractivity contribution is 5.77. The van der Waals surface area contributed by atoms with Gasteiger partial charge < -0.3 is 0 Å². The number of hydrogen-bond acceptors (Lipinski definition) is 3. The van der Waals surface area contributed by atoms with Crippen molar-refractivity contribution >= 4 is 11.0 Å². The van der Waals surface area contributed by atoms with Crippen LogP contribution in [0.25, 0.3) is 11.0 Å². The van der Waals surface area contributed by atoms with Crippen LogP contribution in [0.2, 0.25) is 0 Å². The Morgan fingerprint density at radius 2 is 2.07 bits per heavy atom. The van der Waals surface area contributed by atoms with Gasteiger partial charge in [-0.2, -0.15) is 0 Å². The third-order valence-electron chi connectivity index (χ3n) is 2.89. The van der Waals surface area contributed by atoms with Gasteiger partial charge in [0, 0.05) is 5.41 Å². The lowest BCUT2D eigenvalue weighted by atomic mass is 9.85. The molecule has 80 valence electrons. The van der Waals surface area contributed by atoms with E-state index in [1.54, 1.807) is 0 Å². The molecule has 2 aromatic rings. The molecule has 0 saturated heterocycles. The van der Waals surface area contributed by atoms with Crippen molar-refractivity contribution < 1.29 is 0 Å². The van der Waals surface area contributed by atoms with Crippen LogP contribution in [0.5, 0.6) is 0 Å². The predicted molar refractivity (Wildman–Crippen MR) is 57.8 cm³/mol. The molecule has 2 N–H and O–H groups in total. The van der Waals surface area contributed by atoms with Crippen LogP contribution >= 0.6 is 0 Å². The average Bonchev–Trinajstić information content (AvgIpc) is 2.60. The zero-order chi connectivity index (χ0) is 11.1. The molecule has 0 saturated carbocycles. The molecule has 0 aliphatic heterocycles. The molecule has 0 unspecified atom stereocenters. The monoisotopic (exact) mass is 206 g/mol. The molecular weight excluding hydrogens is 192 g/mol. The fourth-order valence-corrected chi connectivity index (χ4v) is 1.55. The minimum absolute atomic E-state index is 0.115. The molecule has 2 aromatic heterocycles. The molecule has 0 fully saturated rings. The average molecular weight is 206 g/mol. The van der Waals surface area contributed by atoms with Gasteiger partial charge in [-0.15, -0.1) is 0 Å². The van der Waals surface area contributed by atoms with Crippen molar-refractivity contribution in [1.82, 2.24) is 20.2 Å². The molecular formula is C10H14N4O. The maximum Gasteiger partial charge on any atom is 0.275 e. The SMILES string of the molecule is CCC(C)(C)c1ncnc2[nH][nH]c(=O)c12. The molecule has 0 bridgehead atoms. The summed E-state index contributed by atoms with van der Waals surface area (Å²) in [6.07, 6.45) is 2.41. The summed E-state index contributed by atoms with van der Waals surface area (Å²) in [5, 5.41) is 5.84. The molecule has 15 heavy (non-hydrogen) atoms. The minimum atomic E-state index is -0.151. The van der Waals surface area contributed by atoms with Crippen LogP contribution in [0.4, 0.5) is 0 Å². The highest BCUT2D eigenvalue weighted by atomic mass is 16.1. The summed E-state index contributed by atoms with van der Waals surface area (Å²) in [6, 6.07) is 0. The third kappa shape index (κ3) is 1.44. The van der Waals surface area contributed by atoms with Gasteiger partial charge in [-0.3, -0.25) is 15.0 Å². The Kier molecular flexibility index (Phi) is 2.10. The fraction of sp³-hybridized carbons (Fsp3) is 0.500. The highest BCUT2D eigenvalue weighted by Gasteiger charge is 2.24. The number of aromatic amines is 2. The van der Waals surface area contributed by atoms with Crippen LogP contribution in [0.3, 0.4) is 0 Å². The minimum Gasteiger partial charge on any atom is -0.281 e. The Morgan fingerprint density at radius 3 is 2.73 bits per heavy atom. The Morgan fingerprint density at radius 1 is 1.33 bits per heavy atom. The van der Waals surface area contributed by atoms with E-state index >= 15 is 0 Å². The number of fused-ring (bicyclic) bond motifs is 1. The van der Waals surface area contributed by atoms with Crippen molar-refractivity contribution in [2.75, 3.05) is 0 Å². The van der Waals surface area contributed by atoms with Crippen LogP contribution in [0.15, 0.2) is 11.1 Å². The molecule has 5 heteroatoms. The topological polar surface area (TPSA) is 74.4 Å². The van der Waals surface area contributed by atoms with Crippen LogP contribution < -0.4 is 5.56 Å². The van der Waals surface area contributed by atoms with Crippen molar-refractivity contribution in [1.29, 1.82) is 0 Å². The highest BCUT2D eigenvalue weighted by Crippen LogP contribution is 2.27. The van der Waals surface area contributed by atoms with E-state index in [0.717, 1.165) is 12.1 Å². The second-order valence-corrected chi connectivity index (χ2v) is 4.26. The van der Waals surface area contributed by atoms with Gasteiger partial charge >= 0.3 is 0 Å². The summed E-state index contributed by atoms with van der Waals surface area (Å²) in [5.74, 6) is 0. The van der Waals surface area contributed by atoms with Crippen LogP contribution in [-0.4, -0.2) is 20.2 Å². The lowest BCUT2D eigenvalue weighted by Gasteiger charge is -2.21. The van der Waals surface area contributed by atoms with Gasteiger partial charge in [-0.25, -0.2) is 9.97 Å². The Labute approximate surface area is 86.9 Å². The van der Waals surface area contributed by atoms with Gasteiger partial charge in [-0.1, -0.05) is 20.8 Å². The van der Waals surface area contributed by atoms with Gasteiger partial charge in [0.25, 0.3) is 5.56 Å². The number of nitrogens with zero attached hydrogens (tertiary/aromatic N) is 2. The smallest absolute Gasteiger partial charge is 0.275 e. The zero-order valence-corrected chi connectivity index (χ0v) is 9.09. The molecule has 0 aliphatic rings. The van der Waals surface area contributed by atoms with E-state index in [1.165, 1.54) is 6.33 Å². The van der Waals surface area contributed by atoms with Crippen molar-refractivity contribution in [3.8, 4) is 0 Å². The molecule has 0 aliphatic carbocycles. The van der Waals surface area contributed by atoms with Gasteiger partial charge in [0.05, 0.1) is 5.69 Å². The van der Waals surface area contributed by atoms with Crippen molar-refractivity contribution in [3.63, 3.8) is 0 Å². The van der Waals surface area contributed by atoms with E-state index in [4.69, 9.17) is 0 Å². The molecule has 0 amide bonds. The quantitative estimate of drug-likeness (QED) is 0.778. The molecule has 2 rings (SSSR count). The van der Waals surface area contributed by atoms with Gasteiger partial charge in [0.15, 0.2) is 5.65 Å². The van der Waals surface area contributed by atoms with E-state index in [-0.39, 0.29) is 11.0 Å². The van der Waals surface area contributed by atoms with Crippen LogP contribution in [-0.2, 0) is 5.41 Å². The molecule has 5 nitrogen and oxygen atoms in total. The van der Waals surface area contributed by atoms with E-state index in [1.807, 2.05) is 0 Å². The molecule has 0 aromatic carbocycles. The summed E-state index contributed by atoms with van der Waals surface area (Å²) in [7, 11) is 0. The first kappa shape index (κ1) is 9.89. The summed E-state index contributed by atoms with van der Waals surface area (Å²) in [6.45, 7) is 6.22. The number of hydrogen-bond donors (Lipinski definition) is 2. The number of rotatable bonds is 2. The maximum atomic E-state index is 11.6. The lowest BCUT2D eigenvalue weighted by molar-refractivity contribution is 0.494. The maximum absolute atomic E-state index is 11.6. The van der Waals surface area contributed by atoms with Crippen molar-refractivity contribution in [2.45, 2.75) is 32.6 Å². The zero-order valence-electron chi connectivity index (χ0n) is 9.09. The second-order valence-electron chi connectivity index (χ2n) is 4.26. The van der Waals surface area contributed by atoms with Crippen LogP contribution in [0.1, 0.15) is 32.9 Å². The standard InChI is InChI=1S/C10H14N4O/c1-4-10(2,3)7-6-8(12-5-11-7)13-14-9(6)15/h5H,4H2,1-3H3,(H2,11,12,13,14,15). The van der Waals surface area contributed by atoms with Gasteiger partial charge in [-0.05, 0) is 6.42 Å².